The van der Waals surface area contributed by atoms with Crippen molar-refractivity contribution in [3.8, 4) is 0 Å². The van der Waals surface area contributed by atoms with E-state index < -0.39 is 0 Å². The molecule has 0 spiro atoms. The molecule has 2 N–H and O–H groups in total. The molecular weight excluding hydrogens is 212 g/mol. The molecule has 1 aliphatic carbocycles. The average molecular weight is 240 g/mol. The molecule has 0 radical (unpaired) electrons. The normalized spacial score (nSPS) is 26.5. The Labute approximate surface area is 106 Å². The molecule has 3 heteroatoms. The van der Waals surface area contributed by atoms with E-state index in [1.54, 1.807) is 0 Å². The number of aliphatic hydroxyl groups excluding tert-OH is 1. The van der Waals surface area contributed by atoms with Crippen LogP contribution < -0.4 is 5.32 Å². The standard InChI is InChI=1S/C14H28N2O/c1-12(13-6-2-3-7-13)15-10-14(17)11-16-8-4-5-9-16/h12-15,17H,2-11H2,1H3/t12-,14?/m0/s1. The lowest BCUT2D eigenvalue weighted by Gasteiger charge is -2.24. The first-order valence-corrected chi connectivity index (χ1v) is 7.39. The number of likely N-dealkylation sites (tertiary alicyclic amines) is 1. The third kappa shape index (κ3) is 4.23. The molecule has 2 fully saturated rings. The fourth-order valence-corrected chi connectivity index (χ4v) is 3.27. The van der Waals surface area contributed by atoms with Crippen molar-refractivity contribution in [1.29, 1.82) is 0 Å². The highest BCUT2D eigenvalue weighted by molar-refractivity contribution is 4.79. The number of hydrogen-bond acceptors (Lipinski definition) is 3. The van der Waals surface area contributed by atoms with Crippen molar-refractivity contribution >= 4 is 0 Å². The molecule has 2 atom stereocenters. The summed E-state index contributed by atoms with van der Waals surface area (Å²) < 4.78 is 0. The lowest BCUT2D eigenvalue weighted by Crippen LogP contribution is -2.42. The van der Waals surface area contributed by atoms with Gasteiger partial charge in [-0.1, -0.05) is 12.8 Å². The van der Waals surface area contributed by atoms with Crippen LogP contribution in [0.5, 0.6) is 0 Å². The van der Waals surface area contributed by atoms with E-state index in [9.17, 15) is 5.11 Å². The van der Waals surface area contributed by atoms with Crippen molar-refractivity contribution in [2.24, 2.45) is 5.92 Å². The van der Waals surface area contributed by atoms with Crippen molar-refractivity contribution in [3.05, 3.63) is 0 Å². The second-order valence-corrected chi connectivity index (χ2v) is 5.90. The van der Waals surface area contributed by atoms with Gasteiger partial charge in [0.25, 0.3) is 0 Å². The first-order valence-electron chi connectivity index (χ1n) is 7.39. The van der Waals surface area contributed by atoms with Crippen LogP contribution in [0.2, 0.25) is 0 Å². The summed E-state index contributed by atoms with van der Waals surface area (Å²) in [6.45, 7) is 6.24. The zero-order valence-corrected chi connectivity index (χ0v) is 11.2. The maximum Gasteiger partial charge on any atom is 0.0791 e. The molecule has 1 saturated carbocycles. The lowest BCUT2D eigenvalue weighted by molar-refractivity contribution is 0.118. The first-order chi connectivity index (χ1) is 8.25. The Morgan fingerprint density at radius 3 is 2.47 bits per heavy atom. The van der Waals surface area contributed by atoms with Crippen molar-refractivity contribution in [2.45, 2.75) is 57.6 Å². The minimum Gasteiger partial charge on any atom is -0.390 e. The van der Waals surface area contributed by atoms with E-state index in [1.165, 1.54) is 51.6 Å². The Bertz CT molecular complexity index is 210. The summed E-state index contributed by atoms with van der Waals surface area (Å²) in [4.78, 5) is 2.38. The van der Waals surface area contributed by atoms with Crippen LogP contribution in [0.25, 0.3) is 0 Å². The topological polar surface area (TPSA) is 35.5 Å². The molecule has 1 aliphatic heterocycles. The maximum atomic E-state index is 10.00. The predicted octanol–water partition coefficient (Wildman–Crippen LogP) is 1.61. The summed E-state index contributed by atoms with van der Waals surface area (Å²) in [5.41, 5.74) is 0. The fourth-order valence-electron chi connectivity index (χ4n) is 3.27. The van der Waals surface area contributed by atoms with Gasteiger partial charge in [0, 0.05) is 19.1 Å². The van der Waals surface area contributed by atoms with Crippen LogP contribution in [-0.2, 0) is 0 Å². The summed E-state index contributed by atoms with van der Waals surface area (Å²) in [7, 11) is 0. The molecule has 100 valence electrons. The average Bonchev–Trinajstić information content (AvgIpc) is 2.97. The van der Waals surface area contributed by atoms with Crippen LogP contribution in [0, 0.1) is 5.92 Å². The molecule has 0 aromatic heterocycles. The molecule has 2 rings (SSSR count). The third-order valence-electron chi connectivity index (χ3n) is 4.45. The molecule has 0 bridgehead atoms. The summed E-state index contributed by atoms with van der Waals surface area (Å²) in [5.74, 6) is 0.842. The van der Waals surface area contributed by atoms with Gasteiger partial charge in [-0.2, -0.15) is 0 Å². The number of aliphatic hydroxyl groups is 1. The van der Waals surface area contributed by atoms with Gasteiger partial charge in [0.15, 0.2) is 0 Å². The quantitative estimate of drug-likeness (QED) is 0.740. The van der Waals surface area contributed by atoms with E-state index >= 15 is 0 Å². The zero-order chi connectivity index (χ0) is 12.1. The second-order valence-electron chi connectivity index (χ2n) is 5.90. The highest BCUT2D eigenvalue weighted by Crippen LogP contribution is 2.27. The SMILES string of the molecule is C[C@H](NCC(O)CN1CCCC1)C1CCCC1. The zero-order valence-electron chi connectivity index (χ0n) is 11.2. The van der Waals surface area contributed by atoms with E-state index in [0.29, 0.717) is 6.04 Å². The number of hydrogen-bond donors (Lipinski definition) is 2. The molecule has 2 aliphatic rings. The minimum absolute atomic E-state index is 0.197. The van der Waals surface area contributed by atoms with E-state index in [-0.39, 0.29) is 6.10 Å². The van der Waals surface area contributed by atoms with Crippen molar-refractivity contribution in [2.75, 3.05) is 26.2 Å². The second kappa shape index (κ2) is 6.72. The number of rotatable bonds is 6. The Balaban J connectivity index is 1.59. The van der Waals surface area contributed by atoms with Crippen LogP contribution in [0.4, 0.5) is 0 Å². The van der Waals surface area contributed by atoms with Crippen LogP contribution in [0.1, 0.15) is 45.4 Å². The van der Waals surface area contributed by atoms with Crippen LogP contribution >= 0.6 is 0 Å². The number of nitrogens with one attached hydrogen (secondary N) is 1. The molecule has 1 unspecified atom stereocenters. The molecule has 1 saturated heterocycles. The van der Waals surface area contributed by atoms with Crippen molar-refractivity contribution in [3.63, 3.8) is 0 Å². The van der Waals surface area contributed by atoms with Crippen LogP contribution in [0.3, 0.4) is 0 Å². The monoisotopic (exact) mass is 240 g/mol. The Hall–Kier alpha value is -0.120. The van der Waals surface area contributed by atoms with Gasteiger partial charge < -0.3 is 15.3 Å². The van der Waals surface area contributed by atoms with Gasteiger partial charge in [-0.15, -0.1) is 0 Å². The van der Waals surface area contributed by atoms with Crippen molar-refractivity contribution in [1.82, 2.24) is 10.2 Å². The Kier molecular flexibility index (Phi) is 5.26. The molecule has 17 heavy (non-hydrogen) atoms. The lowest BCUT2D eigenvalue weighted by atomic mass is 10.00. The predicted molar refractivity (Wildman–Crippen MR) is 71.1 cm³/mol. The minimum atomic E-state index is -0.197. The van der Waals surface area contributed by atoms with Gasteiger partial charge in [-0.25, -0.2) is 0 Å². The summed E-state index contributed by atoms with van der Waals surface area (Å²) in [5, 5.41) is 13.5. The molecule has 0 amide bonds. The van der Waals surface area contributed by atoms with Gasteiger partial charge in [0.05, 0.1) is 6.10 Å². The molecule has 0 aromatic carbocycles. The number of β-amino-alcohol motifs (C(OH)–C–C–N with tert-alkyl or cyclic N) is 1. The van der Waals surface area contributed by atoms with Gasteiger partial charge >= 0.3 is 0 Å². The van der Waals surface area contributed by atoms with Crippen molar-refractivity contribution < 1.29 is 5.11 Å². The summed E-state index contributed by atoms with van der Waals surface area (Å²) in [6, 6.07) is 0.575. The van der Waals surface area contributed by atoms with Gasteiger partial charge in [0.1, 0.15) is 0 Å². The Morgan fingerprint density at radius 2 is 1.82 bits per heavy atom. The molecular formula is C14H28N2O. The smallest absolute Gasteiger partial charge is 0.0791 e. The van der Waals surface area contributed by atoms with Crippen LogP contribution in [-0.4, -0.2) is 48.3 Å². The largest absolute Gasteiger partial charge is 0.390 e. The van der Waals surface area contributed by atoms with Gasteiger partial charge in [0.2, 0.25) is 0 Å². The first kappa shape index (κ1) is 13.3. The van der Waals surface area contributed by atoms with E-state index in [4.69, 9.17) is 0 Å². The highest BCUT2D eigenvalue weighted by atomic mass is 16.3. The summed E-state index contributed by atoms with van der Waals surface area (Å²) >= 11 is 0. The van der Waals surface area contributed by atoms with Crippen LogP contribution in [0.15, 0.2) is 0 Å². The maximum absolute atomic E-state index is 10.00. The Morgan fingerprint density at radius 1 is 1.18 bits per heavy atom. The number of nitrogens with zero attached hydrogens (tertiary/aromatic N) is 1. The summed E-state index contributed by atoms with van der Waals surface area (Å²) in [6.07, 6.45) is 7.95. The highest BCUT2D eigenvalue weighted by Gasteiger charge is 2.22. The fraction of sp³-hybridized carbons (Fsp3) is 1.00. The molecule has 0 aromatic rings. The van der Waals surface area contributed by atoms with E-state index in [0.717, 1.165) is 19.0 Å². The molecule has 3 nitrogen and oxygen atoms in total. The van der Waals surface area contributed by atoms with E-state index in [2.05, 4.69) is 17.1 Å². The third-order valence-corrected chi connectivity index (χ3v) is 4.45. The van der Waals surface area contributed by atoms with E-state index in [1.807, 2.05) is 0 Å². The van der Waals surface area contributed by atoms with Gasteiger partial charge in [-0.3, -0.25) is 0 Å². The van der Waals surface area contributed by atoms with Gasteiger partial charge in [-0.05, 0) is 51.6 Å². The molecule has 1 heterocycles.